The Hall–Kier alpha value is -1.31. The Morgan fingerprint density at radius 3 is 2.41 bits per heavy atom. The van der Waals surface area contributed by atoms with Gasteiger partial charge in [0.1, 0.15) is 5.75 Å². The van der Waals surface area contributed by atoms with Crippen molar-refractivity contribution in [3.8, 4) is 5.75 Å². The van der Waals surface area contributed by atoms with E-state index in [-0.39, 0.29) is 11.9 Å². The van der Waals surface area contributed by atoms with E-state index in [2.05, 4.69) is 13.8 Å². The fraction of sp³-hybridized carbons (Fsp3) is 0.720. The van der Waals surface area contributed by atoms with Gasteiger partial charge in [-0.1, -0.05) is 69.6 Å². The molecular formula is C25H38O2. The molecule has 2 saturated carbocycles. The van der Waals surface area contributed by atoms with Crippen molar-refractivity contribution in [1.29, 1.82) is 0 Å². The van der Waals surface area contributed by atoms with Crippen molar-refractivity contribution in [2.75, 3.05) is 0 Å². The Labute approximate surface area is 166 Å². The van der Waals surface area contributed by atoms with Crippen LogP contribution in [0.4, 0.5) is 0 Å². The minimum absolute atomic E-state index is 0.00430. The Morgan fingerprint density at radius 1 is 0.926 bits per heavy atom. The number of hydrogen-bond donors (Lipinski definition) is 0. The Bertz CT molecular complexity index is 576. The van der Waals surface area contributed by atoms with E-state index >= 15 is 0 Å². The second-order valence-electron chi connectivity index (χ2n) is 9.15. The van der Waals surface area contributed by atoms with Gasteiger partial charge in [-0.25, -0.2) is 0 Å². The smallest absolute Gasteiger partial charge is 0.314 e. The summed E-state index contributed by atoms with van der Waals surface area (Å²) in [5.41, 5.74) is 1.19. The Balaban J connectivity index is 1.40. The van der Waals surface area contributed by atoms with Crippen LogP contribution in [0.2, 0.25) is 0 Å². The zero-order valence-electron chi connectivity index (χ0n) is 17.4. The highest BCUT2D eigenvalue weighted by Crippen LogP contribution is 2.46. The number of unbranched alkanes of at least 4 members (excludes halogenated alkanes) is 4. The van der Waals surface area contributed by atoms with Crippen LogP contribution in [-0.4, -0.2) is 5.97 Å². The molecule has 2 aliphatic carbocycles. The van der Waals surface area contributed by atoms with Crippen LogP contribution in [0.3, 0.4) is 0 Å². The first kappa shape index (κ1) is 20.4. The van der Waals surface area contributed by atoms with Gasteiger partial charge >= 0.3 is 5.97 Å². The van der Waals surface area contributed by atoms with Gasteiger partial charge in [-0.3, -0.25) is 4.79 Å². The number of rotatable bonds is 8. The molecule has 0 saturated heterocycles. The van der Waals surface area contributed by atoms with Gasteiger partial charge in [0, 0.05) is 0 Å². The molecule has 1 aromatic carbocycles. The molecule has 0 aromatic heterocycles. The maximum Gasteiger partial charge on any atom is 0.314 e. The van der Waals surface area contributed by atoms with Gasteiger partial charge in [-0.05, 0) is 68.9 Å². The van der Waals surface area contributed by atoms with Crippen molar-refractivity contribution < 1.29 is 9.53 Å². The molecule has 0 radical (unpaired) electrons. The fourth-order valence-corrected chi connectivity index (χ4v) is 5.30. The highest BCUT2D eigenvalue weighted by molar-refractivity contribution is 5.75. The normalized spacial score (nSPS) is 27.8. The van der Waals surface area contributed by atoms with E-state index < -0.39 is 0 Å². The quantitative estimate of drug-likeness (QED) is 0.277. The van der Waals surface area contributed by atoms with Crippen LogP contribution in [0.25, 0.3) is 0 Å². The Kier molecular flexibility index (Phi) is 7.79. The number of ether oxygens (including phenoxy) is 1. The van der Waals surface area contributed by atoms with Crippen molar-refractivity contribution in [2.24, 2.45) is 23.7 Å². The molecule has 3 rings (SSSR count). The van der Waals surface area contributed by atoms with Crippen LogP contribution in [-0.2, 0) is 4.79 Å². The molecule has 150 valence electrons. The second-order valence-corrected chi connectivity index (χ2v) is 9.15. The predicted octanol–water partition coefficient (Wildman–Crippen LogP) is 7.09. The highest BCUT2D eigenvalue weighted by Gasteiger charge is 2.38. The molecule has 4 unspecified atom stereocenters. The molecule has 0 aliphatic heterocycles. The van der Waals surface area contributed by atoms with Gasteiger partial charge in [0.2, 0.25) is 0 Å². The lowest BCUT2D eigenvalue weighted by Crippen LogP contribution is -2.35. The summed E-state index contributed by atoms with van der Waals surface area (Å²) in [6.07, 6.45) is 15.9. The molecule has 2 heteroatoms. The predicted molar refractivity (Wildman–Crippen MR) is 112 cm³/mol. The standard InChI is InChI=1S/C25H38O2/c1-3-4-5-6-7-8-20-11-12-22-18-23(14-13-21(22)17-20)25(26)27-24-15-9-19(2)10-16-24/h9-10,15-16,20-23H,3-8,11-14,17-18H2,1-2H3. The third-order valence-corrected chi connectivity index (χ3v) is 7.01. The number of carbonyl (C=O) groups excluding carboxylic acids is 1. The molecular weight excluding hydrogens is 332 g/mol. The summed E-state index contributed by atoms with van der Waals surface area (Å²) in [6.45, 7) is 4.34. The molecule has 0 bridgehead atoms. The van der Waals surface area contributed by atoms with Gasteiger partial charge < -0.3 is 4.74 Å². The van der Waals surface area contributed by atoms with E-state index in [1.54, 1.807) is 0 Å². The minimum Gasteiger partial charge on any atom is -0.426 e. The first-order chi connectivity index (χ1) is 13.2. The van der Waals surface area contributed by atoms with Crippen LogP contribution >= 0.6 is 0 Å². The molecule has 0 amide bonds. The maximum atomic E-state index is 12.6. The maximum absolute atomic E-state index is 12.6. The molecule has 2 nitrogen and oxygen atoms in total. The zero-order valence-corrected chi connectivity index (χ0v) is 17.4. The number of carbonyl (C=O) groups is 1. The Morgan fingerprint density at radius 2 is 1.63 bits per heavy atom. The van der Waals surface area contributed by atoms with Gasteiger partial charge in [0.05, 0.1) is 5.92 Å². The van der Waals surface area contributed by atoms with Crippen LogP contribution in [0.15, 0.2) is 24.3 Å². The van der Waals surface area contributed by atoms with Crippen LogP contribution in [0.5, 0.6) is 5.75 Å². The highest BCUT2D eigenvalue weighted by atomic mass is 16.5. The third-order valence-electron chi connectivity index (χ3n) is 7.01. The topological polar surface area (TPSA) is 26.3 Å². The molecule has 2 aliphatic rings. The van der Waals surface area contributed by atoms with Crippen molar-refractivity contribution in [3.63, 3.8) is 0 Å². The summed E-state index contributed by atoms with van der Waals surface area (Å²) in [4.78, 5) is 12.6. The van der Waals surface area contributed by atoms with Gasteiger partial charge in [0.15, 0.2) is 0 Å². The minimum atomic E-state index is -0.00430. The van der Waals surface area contributed by atoms with Gasteiger partial charge in [0.25, 0.3) is 0 Å². The number of fused-ring (bicyclic) bond motifs is 1. The molecule has 1 aromatic rings. The van der Waals surface area contributed by atoms with Gasteiger partial charge in [-0.2, -0.15) is 0 Å². The van der Waals surface area contributed by atoms with E-state index in [1.807, 2.05) is 24.3 Å². The number of hydrogen-bond acceptors (Lipinski definition) is 2. The molecule has 0 spiro atoms. The lowest BCUT2D eigenvalue weighted by Gasteiger charge is -2.41. The van der Waals surface area contributed by atoms with Crippen molar-refractivity contribution in [2.45, 2.75) is 90.9 Å². The fourth-order valence-electron chi connectivity index (χ4n) is 5.30. The summed E-state index contributed by atoms with van der Waals surface area (Å²) in [5, 5.41) is 0. The first-order valence-corrected chi connectivity index (χ1v) is 11.4. The van der Waals surface area contributed by atoms with E-state index in [1.165, 1.54) is 69.8 Å². The molecule has 2 fully saturated rings. The van der Waals surface area contributed by atoms with Crippen LogP contribution in [0.1, 0.15) is 89.5 Å². The summed E-state index contributed by atoms with van der Waals surface area (Å²) in [6, 6.07) is 7.82. The largest absolute Gasteiger partial charge is 0.426 e. The van der Waals surface area contributed by atoms with Crippen LogP contribution in [0, 0.1) is 30.6 Å². The summed E-state index contributed by atoms with van der Waals surface area (Å²) >= 11 is 0. The van der Waals surface area contributed by atoms with E-state index in [9.17, 15) is 4.79 Å². The van der Waals surface area contributed by atoms with Crippen LogP contribution < -0.4 is 4.74 Å². The zero-order chi connectivity index (χ0) is 19.1. The molecule has 0 heterocycles. The summed E-state index contributed by atoms with van der Waals surface area (Å²) < 4.78 is 5.66. The molecule has 0 N–H and O–H groups in total. The van der Waals surface area contributed by atoms with Crippen molar-refractivity contribution in [3.05, 3.63) is 29.8 Å². The van der Waals surface area contributed by atoms with Crippen molar-refractivity contribution in [1.82, 2.24) is 0 Å². The average molecular weight is 371 g/mol. The number of benzene rings is 1. The number of aryl methyl sites for hydroxylation is 1. The van der Waals surface area contributed by atoms with Gasteiger partial charge in [-0.15, -0.1) is 0 Å². The lowest BCUT2D eigenvalue weighted by atomic mass is 9.64. The molecule has 4 atom stereocenters. The summed E-state index contributed by atoms with van der Waals surface area (Å²) in [5.74, 6) is 3.37. The SMILES string of the molecule is CCCCCCCC1CCC2CC(C(=O)Oc3ccc(C)cc3)CCC2C1. The number of esters is 1. The second kappa shape index (κ2) is 10.3. The average Bonchev–Trinajstić information content (AvgIpc) is 2.69. The van der Waals surface area contributed by atoms with Crippen molar-refractivity contribution >= 4 is 5.97 Å². The third kappa shape index (κ3) is 6.09. The first-order valence-electron chi connectivity index (χ1n) is 11.4. The van der Waals surface area contributed by atoms with E-state index in [0.29, 0.717) is 5.75 Å². The van der Waals surface area contributed by atoms with E-state index in [4.69, 9.17) is 4.74 Å². The lowest BCUT2D eigenvalue weighted by molar-refractivity contribution is -0.141. The van der Waals surface area contributed by atoms with E-state index in [0.717, 1.165) is 30.6 Å². The summed E-state index contributed by atoms with van der Waals surface area (Å²) in [7, 11) is 0. The monoisotopic (exact) mass is 370 g/mol. The molecule has 27 heavy (non-hydrogen) atoms.